The highest BCUT2D eigenvalue weighted by atomic mass is 16.5. The molecule has 0 bridgehead atoms. The summed E-state index contributed by atoms with van der Waals surface area (Å²) in [6.45, 7) is 7.77. The molecule has 0 spiro atoms. The summed E-state index contributed by atoms with van der Waals surface area (Å²) in [7, 11) is 0. The minimum Gasteiger partial charge on any atom is -0.489 e. The standard InChI is InChI=1S/C15H24N2O2/c1-11(2)16-8-13-5-7-14(9-17-13)18-10-15-6-4-12(3)19-15/h5,7,9,11-12,15-16H,4,6,8,10H2,1-3H3. The molecular weight excluding hydrogens is 240 g/mol. The van der Waals surface area contributed by atoms with Gasteiger partial charge in [0.15, 0.2) is 0 Å². The third-order valence-electron chi connectivity index (χ3n) is 3.24. The second-order valence-corrected chi connectivity index (χ2v) is 5.48. The van der Waals surface area contributed by atoms with Gasteiger partial charge in [0.05, 0.1) is 24.1 Å². The van der Waals surface area contributed by atoms with E-state index in [2.05, 4.69) is 31.1 Å². The van der Waals surface area contributed by atoms with E-state index in [1.54, 1.807) is 6.20 Å². The van der Waals surface area contributed by atoms with Crippen LogP contribution in [0.2, 0.25) is 0 Å². The van der Waals surface area contributed by atoms with Crippen LogP contribution in [-0.2, 0) is 11.3 Å². The van der Waals surface area contributed by atoms with Gasteiger partial charge in [0.2, 0.25) is 0 Å². The van der Waals surface area contributed by atoms with E-state index in [9.17, 15) is 0 Å². The van der Waals surface area contributed by atoms with Crippen molar-refractivity contribution in [2.75, 3.05) is 6.61 Å². The Balaban J connectivity index is 1.75. The maximum Gasteiger partial charge on any atom is 0.137 e. The van der Waals surface area contributed by atoms with E-state index in [4.69, 9.17) is 9.47 Å². The fourth-order valence-corrected chi connectivity index (χ4v) is 2.11. The largest absolute Gasteiger partial charge is 0.489 e. The van der Waals surface area contributed by atoms with E-state index < -0.39 is 0 Å². The fraction of sp³-hybridized carbons (Fsp3) is 0.667. The van der Waals surface area contributed by atoms with Crippen LogP contribution in [0.1, 0.15) is 39.3 Å². The molecule has 0 aliphatic carbocycles. The SMILES string of the molecule is CC(C)NCc1ccc(OCC2CCC(C)O2)cn1. The van der Waals surface area contributed by atoms with E-state index in [1.807, 2.05) is 12.1 Å². The van der Waals surface area contributed by atoms with Gasteiger partial charge in [-0.05, 0) is 31.9 Å². The molecule has 2 unspecified atom stereocenters. The number of pyridine rings is 1. The van der Waals surface area contributed by atoms with Gasteiger partial charge in [-0.25, -0.2) is 0 Å². The summed E-state index contributed by atoms with van der Waals surface area (Å²) in [6.07, 6.45) is 4.61. The molecule has 1 aromatic heterocycles. The topological polar surface area (TPSA) is 43.4 Å². The van der Waals surface area contributed by atoms with Crippen molar-refractivity contribution in [3.8, 4) is 5.75 Å². The number of nitrogens with one attached hydrogen (secondary N) is 1. The van der Waals surface area contributed by atoms with Gasteiger partial charge in [0.1, 0.15) is 12.4 Å². The van der Waals surface area contributed by atoms with Gasteiger partial charge in [-0.1, -0.05) is 13.8 Å². The number of ether oxygens (including phenoxy) is 2. The summed E-state index contributed by atoms with van der Waals surface area (Å²) in [6, 6.07) is 4.45. The number of hydrogen-bond acceptors (Lipinski definition) is 4. The first-order valence-electron chi connectivity index (χ1n) is 7.10. The third-order valence-corrected chi connectivity index (χ3v) is 3.24. The van der Waals surface area contributed by atoms with Crippen LogP contribution in [0.25, 0.3) is 0 Å². The molecule has 2 atom stereocenters. The van der Waals surface area contributed by atoms with Crippen molar-refractivity contribution in [3.05, 3.63) is 24.0 Å². The molecule has 1 N–H and O–H groups in total. The second kappa shape index (κ2) is 6.87. The number of nitrogens with zero attached hydrogens (tertiary/aromatic N) is 1. The van der Waals surface area contributed by atoms with Gasteiger partial charge in [0.25, 0.3) is 0 Å². The molecule has 19 heavy (non-hydrogen) atoms. The quantitative estimate of drug-likeness (QED) is 0.857. The van der Waals surface area contributed by atoms with Crippen LogP contribution >= 0.6 is 0 Å². The maximum absolute atomic E-state index is 5.72. The molecule has 0 radical (unpaired) electrons. The molecule has 2 heterocycles. The van der Waals surface area contributed by atoms with Crippen molar-refractivity contribution < 1.29 is 9.47 Å². The van der Waals surface area contributed by atoms with Crippen LogP contribution in [0.15, 0.2) is 18.3 Å². The first-order valence-corrected chi connectivity index (χ1v) is 7.10. The van der Waals surface area contributed by atoms with E-state index in [-0.39, 0.29) is 6.10 Å². The molecule has 106 valence electrons. The van der Waals surface area contributed by atoms with Crippen molar-refractivity contribution in [2.24, 2.45) is 0 Å². The summed E-state index contributed by atoms with van der Waals surface area (Å²) in [5.74, 6) is 0.816. The molecule has 1 aliphatic rings. The van der Waals surface area contributed by atoms with Crippen LogP contribution in [-0.4, -0.2) is 29.8 Å². The number of hydrogen-bond donors (Lipinski definition) is 1. The summed E-state index contributed by atoms with van der Waals surface area (Å²) in [5.41, 5.74) is 1.03. The smallest absolute Gasteiger partial charge is 0.137 e. The molecular formula is C15H24N2O2. The Kier molecular flexibility index (Phi) is 5.16. The van der Waals surface area contributed by atoms with Crippen LogP contribution in [0.3, 0.4) is 0 Å². The predicted molar refractivity (Wildman–Crippen MR) is 75.3 cm³/mol. The highest BCUT2D eigenvalue weighted by Crippen LogP contribution is 2.20. The molecule has 2 rings (SSSR count). The molecule has 1 saturated heterocycles. The number of rotatable bonds is 6. The fourth-order valence-electron chi connectivity index (χ4n) is 2.11. The average Bonchev–Trinajstić information content (AvgIpc) is 2.81. The van der Waals surface area contributed by atoms with Crippen molar-refractivity contribution in [2.45, 2.75) is 58.4 Å². The Labute approximate surface area is 115 Å². The van der Waals surface area contributed by atoms with E-state index in [0.29, 0.717) is 18.8 Å². The number of aromatic nitrogens is 1. The van der Waals surface area contributed by atoms with Gasteiger partial charge in [-0.2, -0.15) is 0 Å². The van der Waals surface area contributed by atoms with E-state index in [0.717, 1.165) is 30.8 Å². The van der Waals surface area contributed by atoms with Crippen LogP contribution in [0, 0.1) is 0 Å². The Morgan fingerprint density at radius 2 is 2.26 bits per heavy atom. The lowest BCUT2D eigenvalue weighted by atomic mass is 10.2. The van der Waals surface area contributed by atoms with Gasteiger partial charge >= 0.3 is 0 Å². The van der Waals surface area contributed by atoms with Crippen molar-refractivity contribution in [1.29, 1.82) is 0 Å². The minimum atomic E-state index is 0.234. The third kappa shape index (κ3) is 4.80. The Bertz CT molecular complexity index is 378. The van der Waals surface area contributed by atoms with Crippen molar-refractivity contribution in [1.82, 2.24) is 10.3 Å². The average molecular weight is 264 g/mol. The molecule has 4 nitrogen and oxygen atoms in total. The molecule has 0 amide bonds. The van der Waals surface area contributed by atoms with E-state index >= 15 is 0 Å². The van der Waals surface area contributed by atoms with Gasteiger partial charge in [-0.3, -0.25) is 4.98 Å². The molecule has 0 saturated carbocycles. The first-order chi connectivity index (χ1) is 9.13. The van der Waals surface area contributed by atoms with Crippen molar-refractivity contribution >= 4 is 0 Å². The zero-order valence-corrected chi connectivity index (χ0v) is 12.1. The summed E-state index contributed by atoms with van der Waals surface area (Å²) >= 11 is 0. The first kappa shape index (κ1) is 14.3. The summed E-state index contributed by atoms with van der Waals surface area (Å²) < 4.78 is 11.4. The zero-order valence-electron chi connectivity index (χ0n) is 12.1. The molecule has 1 fully saturated rings. The highest BCUT2D eigenvalue weighted by molar-refractivity contribution is 5.19. The Morgan fingerprint density at radius 3 is 2.84 bits per heavy atom. The van der Waals surface area contributed by atoms with Crippen molar-refractivity contribution in [3.63, 3.8) is 0 Å². The van der Waals surface area contributed by atoms with E-state index in [1.165, 1.54) is 0 Å². The molecule has 4 heteroatoms. The normalized spacial score (nSPS) is 22.9. The van der Waals surface area contributed by atoms with Crippen LogP contribution in [0.5, 0.6) is 5.75 Å². The second-order valence-electron chi connectivity index (χ2n) is 5.48. The van der Waals surface area contributed by atoms with Crippen LogP contribution < -0.4 is 10.1 Å². The lowest BCUT2D eigenvalue weighted by Gasteiger charge is -2.13. The highest BCUT2D eigenvalue weighted by Gasteiger charge is 2.22. The molecule has 1 aliphatic heterocycles. The monoisotopic (exact) mass is 264 g/mol. The van der Waals surface area contributed by atoms with Crippen LogP contribution in [0.4, 0.5) is 0 Å². The Hall–Kier alpha value is -1.13. The molecule has 0 aromatic carbocycles. The minimum absolute atomic E-state index is 0.234. The predicted octanol–water partition coefficient (Wildman–Crippen LogP) is 2.53. The van der Waals surface area contributed by atoms with Gasteiger partial charge < -0.3 is 14.8 Å². The Morgan fingerprint density at radius 1 is 1.42 bits per heavy atom. The zero-order chi connectivity index (χ0) is 13.7. The maximum atomic E-state index is 5.72. The molecule has 1 aromatic rings. The lowest BCUT2D eigenvalue weighted by Crippen LogP contribution is -2.22. The van der Waals surface area contributed by atoms with Gasteiger partial charge in [0, 0.05) is 12.6 Å². The lowest BCUT2D eigenvalue weighted by molar-refractivity contribution is 0.0264. The summed E-state index contributed by atoms with van der Waals surface area (Å²) in [5, 5.41) is 3.34. The van der Waals surface area contributed by atoms with Gasteiger partial charge in [-0.15, -0.1) is 0 Å². The summed E-state index contributed by atoms with van der Waals surface area (Å²) in [4.78, 5) is 4.38.